The molecule has 1 N–H and O–H groups in total. The highest BCUT2D eigenvalue weighted by molar-refractivity contribution is 4.87. The molecule has 0 aliphatic heterocycles. The Morgan fingerprint density at radius 1 is 1.16 bits per heavy atom. The third kappa shape index (κ3) is 5.07. The van der Waals surface area contributed by atoms with Crippen molar-refractivity contribution in [1.29, 1.82) is 0 Å². The van der Waals surface area contributed by atoms with Gasteiger partial charge in [0.05, 0.1) is 0 Å². The summed E-state index contributed by atoms with van der Waals surface area (Å²) in [6, 6.07) is 0. The van der Waals surface area contributed by atoms with E-state index in [1.165, 1.54) is 45.1 Å². The van der Waals surface area contributed by atoms with E-state index in [4.69, 9.17) is 0 Å². The van der Waals surface area contributed by atoms with Crippen molar-refractivity contribution in [2.45, 2.75) is 66.2 Å². The van der Waals surface area contributed by atoms with Crippen LogP contribution in [0.15, 0.2) is 0 Å². The van der Waals surface area contributed by atoms with Gasteiger partial charge in [-0.2, -0.15) is 0 Å². The van der Waals surface area contributed by atoms with E-state index in [-0.39, 0.29) is 5.41 Å². The summed E-state index contributed by atoms with van der Waals surface area (Å²) in [7, 11) is 0. The number of rotatable bonds is 8. The van der Waals surface area contributed by atoms with Gasteiger partial charge in [-0.1, -0.05) is 53.4 Å². The molecule has 0 atom stereocenters. The fourth-order valence-electron chi connectivity index (χ4n) is 3.43. The fourth-order valence-corrected chi connectivity index (χ4v) is 3.43. The van der Waals surface area contributed by atoms with E-state index in [0.717, 1.165) is 24.9 Å². The van der Waals surface area contributed by atoms with E-state index in [1.807, 2.05) is 0 Å². The predicted molar refractivity (Wildman–Crippen MR) is 83.3 cm³/mol. The van der Waals surface area contributed by atoms with Gasteiger partial charge in [-0.05, 0) is 31.2 Å². The molecule has 2 nitrogen and oxygen atoms in total. The molecule has 0 bridgehead atoms. The number of hydrogen-bond donors (Lipinski definition) is 1. The van der Waals surface area contributed by atoms with Crippen LogP contribution >= 0.6 is 0 Å². The van der Waals surface area contributed by atoms with Gasteiger partial charge in [0.1, 0.15) is 0 Å². The van der Waals surface area contributed by atoms with Crippen LogP contribution < -0.4 is 0 Å². The summed E-state index contributed by atoms with van der Waals surface area (Å²) >= 11 is 0. The highest BCUT2D eigenvalue weighted by atomic mass is 16.3. The Morgan fingerprint density at radius 2 is 1.74 bits per heavy atom. The number of nitrogens with zero attached hydrogens (tertiary/aromatic N) is 1. The maximum Gasteiger partial charge on any atom is 0.0499 e. The zero-order chi connectivity index (χ0) is 14.3. The minimum atomic E-state index is 0.189. The van der Waals surface area contributed by atoms with Gasteiger partial charge in [-0.3, -0.25) is 0 Å². The van der Waals surface area contributed by atoms with E-state index < -0.39 is 0 Å². The standard InChI is InChI=1S/C17H35NO/c1-5-16(6-2)12-18(7-3)13-17(14-19)10-8-15(4)9-11-17/h15-16,19H,5-14H2,1-4H3. The first-order valence-electron chi connectivity index (χ1n) is 8.42. The molecule has 0 aromatic rings. The third-order valence-corrected chi connectivity index (χ3v) is 5.35. The molecule has 1 rings (SSSR count). The maximum atomic E-state index is 9.89. The monoisotopic (exact) mass is 269 g/mol. The quantitative estimate of drug-likeness (QED) is 0.721. The van der Waals surface area contributed by atoms with Crippen LogP contribution in [0.1, 0.15) is 66.2 Å². The van der Waals surface area contributed by atoms with E-state index in [2.05, 4.69) is 32.6 Å². The molecule has 2 heteroatoms. The number of aliphatic hydroxyl groups excluding tert-OH is 1. The number of hydrogen-bond acceptors (Lipinski definition) is 2. The molecule has 0 unspecified atom stereocenters. The summed E-state index contributed by atoms with van der Waals surface area (Å²) in [5.41, 5.74) is 0.189. The van der Waals surface area contributed by atoms with Crippen LogP contribution in [0.5, 0.6) is 0 Å². The molecule has 1 saturated carbocycles. The minimum absolute atomic E-state index is 0.189. The molecular weight excluding hydrogens is 234 g/mol. The molecule has 1 aliphatic rings. The van der Waals surface area contributed by atoms with Crippen LogP contribution in [-0.4, -0.2) is 36.2 Å². The molecule has 0 spiro atoms. The van der Waals surface area contributed by atoms with E-state index in [9.17, 15) is 5.11 Å². The zero-order valence-corrected chi connectivity index (χ0v) is 13.6. The van der Waals surface area contributed by atoms with Gasteiger partial charge in [0.25, 0.3) is 0 Å². The SMILES string of the molecule is CCC(CC)CN(CC)CC1(CO)CCC(C)CC1. The largest absolute Gasteiger partial charge is 0.396 e. The Bertz CT molecular complexity index is 229. The Morgan fingerprint density at radius 3 is 2.16 bits per heavy atom. The van der Waals surface area contributed by atoms with Gasteiger partial charge in [0.15, 0.2) is 0 Å². The normalized spacial score (nSPS) is 28.3. The van der Waals surface area contributed by atoms with Crippen LogP contribution in [0.4, 0.5) is 0 Å². The Balaban J connectivity index is 2.56. The molecule has 1 fully saturated rings. The van der Waals surface area contributed by atoms with Crippen LogP contribution in [0.2, 0.25) is 0 Å². The topological polar surface area (TPSA) is 23.5 Å². The first-order chi connectivity index (χ1) is 9.09. The molecule has 19 heavy (non-hydrogen) atoms. The summed E-state index contributed by atoms with van der Waals surface area (Å²) in [5, 5.41) is 9.89. The third-order valence-electron chi connectivity index (χ3n) is 5.35. The van der Waals surface area contributed by atoms with Gasteiger partial charge in [-0.25, -0.2) is 0 Å². The van der Waals surface area contributed by atoms with Crippen molar-refractivity contribution in [3.8, 4) is 0 Å². The average molecular weight is 269 g/mol. The van der Waals surface area contributed by atoms with E-state index in [0.29, 0.717) is 6.61 Å². The second-order valence-corrected chi connectivity index (χ2v) is 6.85. The molecule has 0 heterocycles. The lowest BCUT2D eigenvalue weighted by Gasteiger charge is -2.42. The van der Waals surface area contributed by atoms with Gasteiger partial charge in [0.2, 0.25) is 0 Å². The Kier molecular flexibility index (Phi) is 7.38. The van der Waals surface area contributed by atoms with Crippen LogP contribution in [-0.2, 0) is 0 Å². The van der Waals surface area contributed by atoms with Gasteiger partial charge >= 0.3 is 0 Å². The van der Waals surface area contributed by atoms with Crippen LogP contribution in [0.25, 0.3) is 0 Å². The summed E-state index contributed by atoms with van der Waals surface area (Å²) in [4.78, 5) is 2.59. The predicted octanol–water partition coefficient (Wildman–Crippen LogP) is 3.93. The highest BCUT2D eigenvalue weighted by Gasteiger charge is 2.35. The lowest BCUT2D eigenvalue weighted by Crippen LogP contribution is -2.44. The lowest BCUT2D eigenvalue weighted by molar-refractivity contribution is 0.0259. The van der Waals surface area contributed by atoms with Crippen LogP contribution in [0.3, 0.4) is 0 Å². The van der Waals surface area contributed by atoms with Crippen molar-refractivity contribution in [3.05, 3.63) is 0 Å². The fraction of sp³-hybridized carbons (Fsp3) is 1.00. The second-order valence-electron chi connectivity index (χ2n) is 6.85. The van der Waals surface area contributed by atoms with Crippen molar-refractivity contribution in [2.24, 2.45) is 17.3 Å². The number of aliphatic hydroxyl groups is 1. The zero-order valence-electron chi connectivity index (χ0n) is 13.6. The van der Waals surface area contributed by atoms with Crippen molar-refractivity contribution in [3.63, 3.8) is 0 Å². The van der Waals surface area contributed by atoms with Gasteiger partial charge in [-0.15, -0.1) is 0 Å². The molecule has 0 aromatic carbocycles. The summed E-state index contributed by atoms with van der Waals surface area (Å²) in [5.74, 6) is 1.67. The van der Waals surface area contributed by atoms with Crippen molar-refractivity contribution < 1.29 is 5.11 Å². The maximum absolute atomic E-state index is 9.89. The Hall–Kier alpha value is -0.0800. The minimum Gasteiger partial charge on any atom is -0.396 e. The molecular formula is C17H35NO. The summed E-state index contributed by atoms with van der Waals surface area (Å²) in [6.45, 7) is 13.0. The first kappa shape index (κ1) is 17.0. The van der Waals surface area contributed by atoms with Crippen LogP contribution in [0, 0.1) is 17.3 Å². The van der Waals surface area contributed by atoms with Crippen molar-refractivity contribution in [1.82, 2.24) is 4.90 Å². The van der Waals surface area contributed by atoms with E-state index >= 15 is 0 Å². The Labute approximate surface area is 120 Å². The van der Waals surface area contributed by atoms with Gasteiger partial charge in [0, 0.05) is 25.1 Å². The average Bonchev–Trinajstić information content (AvgIpc) is 2.46. The van der Waals surface area contributed by atoms with Crippen molar-refractivity contribution in [2.75, 3.05) is 26.2 Å². The molecule has 0 amide bonds. The van der Waals surface area contributed by atoms with E-state index in [1.54, 1.807) is 0 Å². The van der Waals surface area contributed by atoms with Gasteiger partial charge < -0.3 is 10.0 Å². The summed E-state index contributed by atoms with van der Waals surface area (Å²) < 4.78 is 0. The summed E-state index contributed by atoms with van der Waals surface area (Å²) in [6.07, 6.45) is 7.56. The smallest absolute Gasteiger partial charge is 0.0499 e. The molecule has 114 valence electrons. The molecule has 0 saturated heterocycles. The highest BCUT2D eigenvalue weighted by Crippen LogP contribution is 2.39. The van der Waals surface area contributed by atoms with Crippen molar-refractivity contribution >= 4 is 0 Å². The molecule has 0 radical (unpaired) electrons. The second kappa shape index (κ2) is 8.26. The molecule has 1 aliphatic carbocycles. The molecule has 0 aromatic heterocycles. The lowest BCUT2D eigenvalue weighted by atomic mass is 9.71. The first-order valence-corrected chi connectivity index (χ1v) is 8.42.